The van der Waals surface area contributed by atoms with Crippen LogP contribution in [-0.4, -0.2) is 30.6 Å². The zero-order valence-electron chi connectivity index (χ0n) is 11.4. The summed E-state index contributed by atoms with van der Waals surface area (Å²) in [6, 6.07) is 3.87. The van der Waals surface area contributed by atoms with Crippen molar-refractivity contribution < 1.29 is 4.74 Å². The van der Waals surface area contributed by atoms with Crippen LogP contribution in [0.4, 0.5) is 0 Å². The van der Waals surface area contributed by atoms with Gasteiger partial charge in [-0.15, -0.1) is 0 Å². The molecule has 0 atom stereocenters. The molecule has 1 aromatic carbocycles. The Bertz CT molecular complexity index is 484. The SMILES string of the molecule is CCN(CC)C(N)=NCc1cc(Cl)cc2c1OCC2. The highest BCUT2D eigenvalue weighted by molar-refractivity contribution is 6.30. The zero-order chi connectivity index (χ0) is 13.8. The van der Waals surface area contributed by atoms with Gasteiger partial charge in [-0.1, -0.05) is 11.6 Å². The monoisotopic (exact) mass is 281 g/mol. The molecule has 1 aliphatic rings. The molecular weight excluding hydrogens is 262 g/mol. The van der Waals surface area contributed by atoms with Crippen molar-refractivity contribution in [3.05, 3.63) is 28.3 Å². The Labute approximate surface area is 119 Å². The molecule has 19 heavy (non-hydrogen) atoms. The summed E-state index contributed by atoms with van der Waals surface area (Å²) in [6.07, 6.45) is 0.915. The van der Waals surface area contributed by atoms with Crippen molar-refractivity contribution in [1.82, 2.24) is 4.90 Å². The Kier molecular flexibility index (Phi) is 4.53. The van der Waals surface area contributed by atoms with Crippen LogP contribution in [0.2, 0.25) is 5.02 Å². The maximum Gasteiger partial charge on any atom is 0.191 e. The van der Waals surface area contributed by atoms with Gasteiger partial charge in [0.1, 0.15) is 5.75 Å². The van der Waals surface area contributed by atoms with E-state index in [1.165, 1.54) is 5.56 Å². The molecule has 0 spiro atoms. The third-order valence-corrected chi connectivity index (χ3v) is 3.54. The Morgan fingerprint density at radius 3 is 2.84 bits per heavy atom. The maximum atomic E-state index is 6.12. The van der Waals surface area contributed by atoms with Crippen molar-refractivity contribution >= 4 is 17.6 Å². The molecule has 0 aliphatic carbocycles. The number of hydrogen-bond donors (Lipinski definition) is 1. The fraction of sp³-hybridized carbons (Fsp3) is 0.500. The number of nitrogens with zero attached hydrogens (tertiary/aromatic N) is 2. The van der Waals surface area contributed by atoms with E-state index in [-0.39, 0.29) is 0 Å². The van der Waals surface area contributed by atoms with Crippen molar-refractivity contribution in [3.8, 4) is 5.75 Å². The van der Waals surface area contributed by atoms with E-state index >= 15 is 0 Å². The molecule has 4 nitrogen and oxygen atoms in total. The second-order valence-corrected chi connectivity index (χ2v) is 4.93. The van der Waals surface area contributed by atoms with Crippen molar-refractivity contribution in [1.29, 1.82) is 0 Å². The molecule has 0 radical (unpaired) electrons. The van der Waals surface area contributed by atoms with E-state index in [2.05, 4.69) is 18.8 Å². The highest BCUT2D eigenvalue weighted by atomic mass is 35.5. The number of ether oxygens (including phenoxy) is 1. The van der Waals surface area contributed by atoms with E-state index in [0.717, 1.165) is 42.5 Å². The maximum absolute atomic E-state index is 6.12. The molecule has 1 aromatic rings. The summed E-state index contributed by atoms with van der Waals surface area (Å²) < 4.78 is 5.65. The summed E-state index contributed by atoms with van der Waals surface area (Å²) in [5.41, 5.74) is 8.15. The summed E-state index contributed by atoms with van der Waals surface area (Å²) in [7, 11) is 0. The minimum absolute atomic E-state index is 0.505. The Morgan fingerprint density at radius 2 is 2.16 bits per heavy atom. The first-order valence-corrected chi connectivity index (χ1v) is 7.02. The Balaban J connectivity index is 2.18. The lowest BCUT2D eigenvalue weighted by Crippen LogP contribution is -2.37. The molecule has 0 fully saturated rings. The topological polar surface area (TPSA) is 50.8 Å². The standard InChI is InChI=1S/C14H20ClN3O/c1-3-18(4-2)14(16)17-9-11-8-12(15)7-10-5-6-19-13(10)11/h7-8H,3-6,9H2,1-2H3,(H2,16,17). The fourth-order valence-electron chi connectivity index (χ4n) is 2.28. The average Bonchev–Trinajstić information content (AvgIpc) is 2.85. The van der Waals surface area contributed by atoms with Gasteiger partial charge in [-0.05, 0) is 31.5 Å². The van der Waals surface area contributed by atoms with Crippen LogP contribution in [0.3, 0.4) is 0 Å². The van der Waals surface area contributed by atoms with Crippen molar-refractivity contribution in [2.24, 2.45) is 10.7 Å². The molecule has 2 N–H and O–H groups in total. The molecule has 0 unspecified atom stereocenters. The van der Waals surface area contributed by atoms with Crippen LogP contribution < -0.4 is 10.5 Å². The number of halogens is 1. The van der Waals surface area contributed by atoms with E-state index in [9.17, 15) is 0 Å². The number of fused-ring (bicyclic) bond motifs is 1. The molecule has 2 rings (SSSR count). The van der Waals surface area contributed by atoms with Crippen LogP contribution in [-0.2, 0) is 13.0 Å². The molecule has 0 saturated carbocycles. The first kappa shape index (κ1) is 14.0. The van der Waals surface area contributed by atoms with Crippen LogP contribution in [0.15, 0.2) is 17.1 Å². The van der Waals surface area contributed by atoms with Crippen LogP contribution in [0.5, 0.6) is 5.75 Å². The van der Waals surface area contributed by atoms with Crippen molar-refractivity contribution in [2.45, 2.75) is 26.8 Å². The molecule has 0 amide bonds. The van der Waals surface area contributed by atoms with Crippen LogP contribution in [0.1, 0.15) is 25.0 Å². The van der Waals surface area contributed by atoms with Crippen LogP contribution in [0.25, 0.3) is 0 Å². The summed E-state index contributed by atoms with van der Waals surface area (Å²) in [6.45, 7) is 7.06. The minimum atomic E-state index is 0.505. The second kappa shape index (κ2) is 6.15. The van der Waals surface area contributed by atoms with Gasteiger partial charge >= 0.3 is 0 Å². The average molecular weight is 282 g/mol. The molecule has 0 saturated heterocycles. The lowest BCUT2D eigenvalue weighted by molar-refractivity contribution is 0.353. The molecule has 1 heterocycles. The van der Waals surface area contributed by atoms with Crippen molar-refractivity contribution in [3.63, 3.8) is 0 Å². The molecule has 104 valence electrons. The minimum Gasteiger partial charge on any atom is -0.493 e. The smallest absolute Gasteiger partial charge is 0.191 e. The van der Waals surface area contributed by atoms with Gasteiger partial charge < -0.3 is 15.4 Å². The van der Waals surface area contributed by atoms with E-state index in [0.29, 0.717) is 12.5 Å². The third kappa shape index (κ3) is 3.13. The molecule has 5 heteroatoms. The molecule has 0 bridgehead atoms. The van der Waals surface area contributed by atoms with Gasteiger partial charge in [-0.25, -0.2) is 4.99 Å². The van der Waals surface area contributed by atoms with E-state index in [4.69, 9.17) is 22.1 Å². The predicted molar refractivity (Wildman–Crippen MR) is 78.9 cm³/mol. The summed E-state index contributed by atoms with van der Waals surface area (Å²) >= 11 is 6.12. The normalized spacial score (nSPS) is 14.2. The zero-order valence-corrected chi connectivity index (χ0v) is 12.2. The number of aliphatic imine (C=N–C) groups is 1. The largest absolute Gasteiger partial charge is 0.493 e. The number of rotatable bonds is 4. The van der Waals surface area contributed by atoms with Gasteiger partial charge in [0.05, 0.1) is 13.2 Å². The van der Waals surface area contributed by atoms with Gasteiger partial charge in [0, 0.05) is 30.1 Å². The van der Waals surface area contributed by atoms with E-state index < -0.39 is 0 Å². The lowest BCUT2D eigenvalue weighted by Gasteiger charge is -2.19. The second-order valence-electron chi connectivity index (χ2n) is 4.50. The van der Waals surface area contributed by atoms with Crippen LogP contribution in [0, 0.1) is 0 Å². The van der Waals surface area contributed by atoms with Gasteiger partial charge in [0.15, 0.2) is 5.96 Å². The van der Waals surface area contributed by atoms with Gasteiger partial charge in [-0.2, -0.15) is 0 Å². The number of benzene rings is 1. The van der Waals surface area contributed by atoms with E-state index in [1.54, 1.807) is 0 Å². The lowest BCUT2D eigenvalue weighted by atomic mass is 10.1. The van der Waals surface area contributed by atoms with Gasteiger partial charge in [0.2, 0.25) is 0 Å². The highest BCUT2D eigenvalue weighted by Crippen LogP contribution is 2.33. The predicted octanol–water partition coefficient (Wildman–Crippen LogP) is 2.43. The van der Waals surface area contributed by atoms with Crippen molar-refractivity contribution in [2.75, 3.05) is 19.7 Å². The highest BCUT2D eigenvalue weighted by Gasteiger charge is 2.17. The summed E-state index contributed by atoms with van der Waals surface area (Å²) in [5.74, 6) is 1.50. The number of guanidine groups is 1. The number of hydrogen-bond acceptors (Lipinski definition) is 2. The van der Waals surface area contributed by atoms with Gasteiger partial charge in [-0.3, -0.25) is 0 Å². The quantitative estimate of drug-likeness (QED) is 0.681. The molecular formula is C14H20ClN3O. The Hall–Kier alpha value is -1.42. The molecule has 1 aliphatic heterocycles. The Morgan fingerprint density at radius 1 is 1.42 bits per heavy atom. The first-order chi connectivity index (χ1) is 9.15. The fourth-order valence-corrected chi connectivity index (χ4v) is 2.54. The first-order valence-electron chi connectivity index (χ1n) is 6.64. The van der Waals surface area contributed by atoms with E-state index in [1.807, 2.05) is 17.0 Å². The summed E-state index contributed by atoms with van der Waals surface area (Å²) in [4.78, 5) is 6.46. The van der Waals surface area contributed by atoms with Crippen LogP contribution >= 0.6 is 11.6 Å². The van der Waals surface area contributed by atoms with Gasteiger partial charge in [0.25, 0.3) is 0 Å². The summed E-state index contributed by atoms with van der Waals surface area (Å²) in [5, 5.41) is 0.732. The number of nitrogens with two attached hydrogens (primary N) is 1. The third-order valence-electron chi connectivity index (χ3n) is 3.32. The molecule has 0 aromatic heterocycles.